The third-order valence-electron chi connectivity index (χ3n) is 7.19. The molecule has 0 unspecified atom stereocenters. The molecule has 0 heterocycles. The van der Waals surface area contributed by atoms with Crippen molar-refractivity contribution in [3.63, 3.8) is 0 Å². The van der Waals surface area contributed by atoms with Gasteiger partial charge >= 0.3 is 0 Å². The zero-order valence-corrected chi connectivity index (χ0v) is 22.6. The van der Waals surface area contributed by atoms with E-state index in [2.05, 4.69) is 15.9 Å². The first-order valence-corrected chi connectivity index (χ1v) is 13.4. The average molecular weight is 539 g/mol. The first kappa shape index (κ1) is 28.4. The maximum absolute atomic E-state index is 12.4. The first-order chi connectivity index (χ1) is 19.6. The Bertz CT molecular complexity index is 1370. The zero-order valence-electron chi connectivity index (χ0n) is 22.6. The third-order valence-corrected chi connectivity index (χ3v) is 7.19. The van der Waals surface area contributed by atoms with E-state index in [0.29, 0.717) is 25.8 Å². The lowest BCUT2D eigenvalue weighted by Crippen LogP contribution is -2.48. The molecule has 0 amide bonds. The number of likely N-dealkylation sites (N-methyl/N-ethyl adjacent to an activating group) is 1. The maximum atomic E-state index is 12.4. The minimum atomic E-state index is -0.466. The van der Waals surface area contributed by atoms with Gasteiger partial charge in [0.1, 0.15) is 0 Å². The van der Waals surface area contributed by atoms with E-state index >= 15 is 0 Å². The molecule has 0 radical (unpaired) electrons. The van der Waals surface area contributed by atoms with E-state index in [9.17, 15) is 14.7 Å². The highest BCUT2D eigenvalue weighted by Gasteiger charge is 2.28. The summed E-state index contributed by atoms with van der Waals surface area (Å²) in [4.78, 5) is 35.9. The molecule has 0 aliphatic heterocycles. The minimum absolute atomic E-state index is 0.154. The van der Waals surface area contributed by atoms with Gasteiger partial charge in [0.15, 0.2) is 0 Å². The Labute approximate surface area is 234 Å². The second-order valence-corrected chi connectivity index (χ2v) is 9.95. The fourth-order valence-corrected chi connectivity index (χ4v) is 5.12. The van der Waals surface area contributed by atoms with Crippen molar-refractivity contribution in [3.8, 4) is 0 Å². The highest BCUT2D eigenvalue weighted by molar-refractivity contribution is 5.85. The summed E-state index contributed by atoms with van der Waals surface area (Å²) in [5.41, 5.74) is 3.14. The van der Waals surface area contributed by atoms with E-state index < -0.39 is 12.1 Å². The molecule has 4 aromatic carbocycles. The Balaban J connectivity index is 1.61. The highest BCUT2D eigenvalue weighted by Crippen LogP contribution is 2.23. The van der Waals surface area contributed by atoms with Crippen LogP contribution in [0.5, 0.6) is 0 Å². The van der Waals surface area contributed by atoms with E-state index in [-0.39, 0.29) is 13.1 Å². The second-order valence-electron chi connectivity index (χ2n) is 9.95. The molecule has 0 aliphatic carbocycles. The summed E-state index contributed by atoms with van der Waals surface area (Å²) in [5.74, 6) is 0. The standard InChI is InChI=1S/C31H34N6O3/c1-35(32-38)23-30(22-28-17-10-16-27-15-8-9-18-31(27)28)37(34-40)24-29(21-26-13-6-3-7-14-26)36(33-39)20-19-25-11-4-2-5-12-25/h2-18,29-30H,19-24H2,1H3/t29-,30+/m0/s1. The summed E-state index contributed by atoms with van der Waals surface area (Å²) < 4.78 is 0. The van der Waals surface area contributed by atoms with Crippen LogP contribution in [0, 0.1) is 14.7 Å². The molecule has 0 saturated carbocycles. The van der Waals surface area contributed by atoms with Gasteiger partial charge in [-0.25, -0.2) is 0 Å². The molecule has 0 fully saturated rings. The van der Waals surface area contributed by atoms with Gasteiger partial charge in [-0.1, -0.05) is 103 Å². The number of fused-ring (bicyclic) bond motifs is 1. The van der Waals surface area contributed by atoms with Gasteiger partial charge in [0, 0.05) is 13.6 Å². The van der Waals surface area contributed by atoms with Gasteiger partial charge in [-0.05, 0) is 46.7 Å². The number of benzene rings is 4. The number of hydrogen-bond donors (Lipinski definition) is 0. The maximum Gasteiger partial charge on any atom is 0.0736 e. The molecule has 9 heteroatoms. The smallest absolute Gasteiger partial charge is 0.0736 e. The molecule has 9 nitrogen and oxygen atoms in total. The van der Waals surface area contributed by atoms with Crippen LogP contribution in [-0.2, 0) is 19.3 Å². The van der Waals surface area contributed by atoms with Crippen molar-refractivity contribution >= 4 is 10.8 Å². The fraction of sp³-hybridized carbons (Fsp3) is 0.290. The summed E-state index contributed by atoms with van der Waals surface area (Å²) in [6.07, 6.45) is 1.59. The SMILES string of the molecule is CN(C[C@@H](Cc1cccc2ccccc12)N(C[C@H](Cc1ccccc1)N(CCc1ccccc1)N=O)N=O)N=O. The summed E-state index contributed by atoms with van der Waals surface area (Å²) in [6.45, 7) is 0.734. The fourth-order valence-electron chi connectivity index (χ4n) is 5.12. The van der Waals surface area contributed by atoms with E-state index in [4.69, 9.17) is 0 Å². The summed E-state index contributed by atoms with van der Waals surface area (Å²) in [5, 5.41) is 16.2. The molecule has 0 aromatic heterocycles. The van der Waals surface area contributed by atoms with E-state index in [0.717, 1.165) is 27.5 Å². The molecule has 4 aromatic rings. The molecule has 4 rings (SSSR count). The summed E-state index contributed by atoms with van der Waals surface area (Å²) in [7, 11) is 1.58. The van der Waals surface area contributed by atoms with Gasteiger partial charge in [-0.3, -0.25) is 15.0 Å². The quantitative estimate of drug-likeness (QED) is 0.125. The molecule has 0 N–H and O–H groups in total. The van der Waals surface area contributed by atoms with Gasteiger partial charge in [0.2, 0.25) is 0 Å². The largest absolute Gasteiger partial charge is 0.262 e. The third kappa shape index (κ3) is 7.69. The van der Waals surface area contributed by atoms with E-state index in [1.54, 1.807) is 7.05 Å². The second kappa shape index (κ2) is 14.5. The molecule has 0 spiro atoms. The van der Waals surface area contributed by atoms with Crippen molar-refractivity contribution in [3.05, 3.63) is 135 Å². The molecule has 0 saturated heterocycles. The minimum Gasteiger partial charge on any atom is -0.262 e. The van der Waals surface area contributed by atoms with Crippen molar-refractivity contribution in [2.45, 2.75) is 31.3 Å². The van der Waals surface area contributed by atoms with Crippen LogP contribution in [0.25, 0.3) is 10.8 Å². The Morgan fingerprint density at radius 3 is 1.88 bits per heavy atom. The van der Waals surface area contributed by atoms with Crippen molar-refractivity contribution < 1.29 is 0 Å². The molecular weight excluding hydrogens is 504 g/mol. The van der Waals surface area contributed by atoms with Gasteiger partial charge < -0.3 is 0 Å². The normalized spacial score (nSPS) is 12.3. The van der Waals surface area contributed by atoms with Crippen molar-refractivity contribution in [1.82, 2.24) is 15.0 Å². The Hall–Kier alpha value is -4.66. The lowest BCUT2D eigenvalue weighted by molar-refractivity contribution is 0.0949. The number of nitrogens with zero attached hydrogens (tertiary/aromatic N) is 6. The van der Waals surface area contributed by atoms with Crippen LogP contribution < -0.4 is 0 Å². The van der Waals surface area contributed by atoms with Gasteiger partial charge in [0.25, 0.3) is 0 Å². The molecule has 40 heavy (non-hydrogen) atoms. The predicted octanol–water partition coefficient (Wildman–Crippen LogP) is 6.18. The number of hydrogen-bond acceptors (Lipinski definition) is 6. The average Bonchev–Trinajstić information content (AvgIpc) is 3.00. The summed E-state index contributed by atoms with van der Waals surface area (Å²) >= 11 is 0. The van der Waals surface area contributed by atoms with Gasteiger partial charge in [-0.15, -0.1) is 14.7 Å². The number of rotatable bonds is 16. The van der Waals surface area contributed by atoms with Gasteiger partial charge in [0.05, 0.1) is 41.0 Å². The highest BCUT2D eigenvalue weighted by atomic mass is 16.3. The van der Waals surface area contributed by atoms with Crippen molar-refractivity contribution in [2.24, 2.45) is 15.9 Å². The molecule has 206 valence electrons. The lowest BCUT2D eigenvalue weighted by atomic mass is 9.97. The van der Waals surface area contributed by atoms with Crippen LogP contribution in [0.1, 0.15) is 16.7 Å². The van der Waals surface area contributed by atoms with Crippen molar-refractivity contribution in [1.29, 1.82) is 0 Å². The monoisotopic (exact) mass is 538 g/mol. The van der Waals surface area contributed by atoms with Crippen LogP contribution in [0.2, 0.25) is 0 Å². The van der Waals surface area contributed by atoms with E-state index in [1.807, 2.05) is 103 Å². The zero-order chi connectivity index (χ0) is 28.2. The first-order valence-electron chi connectivity index (χ1n) is 13.4. The molecule has 0 bridgehead atoms. The molecule has 2 atom stereocenters. The van der Waals surface area contributed by atoms with Gasteiger partial charge in [-0.2, -0.15) is 0 Å². The Morgan fingerprint density at radius 1 is 0.600 bits per heavy atom. The van der Waals surface area contributed by atoms with Crippen LogP contribution in [-0.4, -0.2) is 53.8 Å². The Morgan fingerprint density at radius 2 is 1.20 bits per heavy atom. The van der Waals surface area contributed by atoms with Crippen LogP contribution in [0.4, 0.5) is 0 Å². The Kier molecular flexibility index (Phi) is 10.3. The van der Waals surface area contributed by atoms with Crippen molar-refractivity contribution in [2.75, 3.05) is 26.7 Å². The lowest BCUT2D eigenvalue weighted by Gasteiger charge is -2.34. The van der Waals surface area contributed by atoms with Crippen LogP contribution in [0.3, 0.4) is 0 Å². The van der Waals surface area contributed by atoms with Crippen LogP contribution >= 0.6 is 0 Å². The predicted molar refractivity (Wildman–Crippen MR) is 159 cm³/mol. The van der Waals surface area contributed by atoms with Crippen LogP contribution in [0.15, 0.2) is 119 Å². The molecular formula is C31H34N6O3. The van der Waals surface area contributed by atoms with E-state index in [1.165, 1.54) is 15.0 Å². The topological polar surface area (TPSA) is 98.0 Å². The number of nitroso groups, excluding NO2 is 3. The summed E-state index contributed by atoms with van der Waals surface area (Å²) in [6, 6.07) is 32.9. The molecule has 0 aliphatic rings.